The van der Waals surface area contributed by atoms with E-state index in [0.29, 0.717) is 18.7 Å². The Labute approximate surface area is 162 Å². The van der Waals surface area contributed by atoms with Gasteiger partial charge in [-0.15, -0.1) is 0 Å². The number of nitrogens with one attached hydrogen (secondary N) is 1. The van der Waals surface area contributed by atoms with Crippen molar-refractivity contribution in [2.45, 2.75) is 19.6 Å². The normalized spacial score (nSPS) is 10.9. The Morgan fingerprint density at radius 3 is 2.39 bits per heavy atom. The van der Waals surface area contributed by atoms with E-state index in [1.165, 1.54) is 6.07 Å². The van der Waals surface area contributed by atoms with Crippen molar-refractivity contribution in [1.29, 1.82) is 0 Å². The maximum atomic E-state index is 14.0. The summed E-state index contributed by atoms with van der Waals surface area (Å²) in [5.41, 5.74) is 4.12. The number of benzene rings is 2. The molecular formula is C22H20FN5. The molecule has 28 heavy (non-hydrogen) atoms. The highest BCUT2D eigenvalue weighted by molar-refractivity contribution is 5.60. The van der Waals surface area contributed by atoms with E-state index < -0.39 is 0 Å². The zero-order valence-electron chi connectivity index (χ0n) is 15.3. The predicted molar refractivity (Wildman–Crippen MR) is 106 cm³/mol. The molecule has 0 aliphatic carbocycles. The van der Waals surface area contributed by atoms with Gasteiger partial charge in [-0.1, -0.05) is 54.6 Å². The zero-order valence-corrected chi connectivity index (χ0v) is 15.3. The number of hydrogen-bond acceptors (Lipinski definition) is 4. The summed E-state index contributed by atoms with van der Waals surface area (Å²) in [6.45, 7) is 1.46. The molecule has 0 unspecified atom stereocenters. The van der Waals surface area contributed by atoms with Crippen molar-refractivity contribution in [1.82, 2.24) is 25.3 Å². The van der Waals surface area contributed by atoms with Gasteiger partial charge in [0.05, 0.1) is 12.2 Å². The average molecular weight is 373 g/mol. The molecule has 0 aliphatic heterocycles. The van der Waals surface area contributed by atoms with E-state index in [1.54, 1.807) is 23.1 Å². The Hall–Kier alpha value is -3.38. The molecule has 4 rings (SSSR count). The summed E-state index contributed by atoms with van der Waals surface area (Å²) in [4.78, 5) is 5.87. The summed E-state index contributed by atoms with van der Waals surface area (Å²) >= 11 is 0. The molecule has 2 aromatic carbocycles. The van der Waals surface area contributed by atoms with E-state index in [1.807, 2.05) is 54.6 Å². The number of rotatable bonds is 7. The van der Waals surface area contributed by atoms with Crippen molar-refractivity contribution < 1.29 is 4.39 Å². The first-order valence-electron chi connectivity index (χ1n) is 9.13. The zero-order chi connectivity index (χ0) is 19.2. The lowest BCUT2D eigenvalue weighted by atomic mass is 10.1. The summed E-state index contributed by atoms with van der Waals surface area (Å²) in [5.74, 6) is -0.254. The van der Waals surface area contributed by atoms with Crippen LogP contribution in [0.25, 0.3) is 11.3 Å². The van der Waals surface area contributed by atoms with E-state index in [4.69, 9.17) is 0 Å². The summed E-state index contributed by atoms with van der Waals surface area (Å²) < 4.78 is 14.0. The molecule has 6 heteroatoms. The first-order chi connectivity index (χ1) is 13.8. The number of halogens is 1. The molecule has 0 saturated heterocycles. The molecule has 0 saturated carbocycles. The second-order valence-corrected chi connectivity index (χ2v) is 6.41. The van der Waals surface area contributed by atoms with Crippen molar-refractivity contribution in [3.05, 3.63) is 102 Å². The van der Waals surface area contributed by atoms with Crippen LogP contribution in [0.4, 0.5) is 4.39 Å². The van der Waals surface area contributed by atoms with Gasteiger partial charge in [-0.3, -0.25) is 4.98 Å². The lowest BCUT2D eigenvalue weighted by molar-refractivity contribution is 0.542. The largest absolute Gasteiger partial charge is 0.305 e. The van der Waals surface area contributed by atoms with Crippen LogP contribution in [0.3, 0.4) is 0 Å². The third kappa shape index (κ3) is 4.29. The maximum Gasteiger partial charge on any atom is 0.128 e. The second-order valence-electron chi connectivity index (χ2n) is 6.41. The van der Waals surface area contributed by atoms with Gasteiger partial charge in [-0.05, 0) is 18.2 Å². The van der Waals surface area contributed by atoms with Crippen molar-refractivity contribution in [3.63, 3.8) is 0 Å². The number of hydrogen-bond donors (Lipinski definition) is 1. The third-order valence-corrected chi connectivity index (χ3v) is 4.37. The molecule has 0 fully saturated rings. The van der Waals surface area contributed by atoms with Gasteiger partial charge >= 0.3 is 0 Å². The van der Waals surface area contributed by atoms with Crippen molar-refractivity contribution in [2.24, 2.45) is 0 Å². The molecule has 2 aromatic heterocycles. The maximum absolute atomic E-state index is 14.0. The van der Waals surface area contributed by atoms with E-state index in [-0.39, 0.29) is 12.4 Å². The Bertz CT molecular complexity index is 1030. The van der Waals surface area contributed by atoms with Crippen LogP contribution in [-0.2, 0) is 19.6 Å². The highest BCUT2D eigenvalue weighted by Crippen LogP contribution is 2.20. The molecule has 0 amide bonds. The van der Waals surface area contributed by atoms with Gasteiger partial charge in [-0.2, -0.15) is 15.0 Å². The van der Waals surface area contributed by atoms with Crippen LogP contribution < -0.4 is 5.32 Å². The minimum atomic E-state index is -0.254. The van der Waals surface area contributed by atoms with Gasteiger partial charge in [0.15, 0.2) is 0 Å². The van der Waals surface area contributed by atoms with E-state index in [0.717, 1.165) is 22.6 Å². The Morgan fingerprint density at radius 1 is 0.821 bits per heavy atom. The highest BCUT2D eigenvalue weighted by Gasteiger charge is 2.14. The molecule has 4 aromatic rings. The highest BCUT2D eigenvalue weighted by atomic mass is 19.1. The van der Waals surface area contributed by atoms with Crippen molar-refractivity contribution in [3.8, 4) is 11.3 Å². The fourth-order valence-corrected chi connectivity index (χ4v) is 2.98. The van der Waals surface area contributed by atoms with Crippen molar-refractivity contribution >= 4 is 0 Å². The lowest BCUT2D eigenvalue weighted by Crippen LogP contribution is -2.15. The van der Waals surface area contributed by atoms with Gasteiger partial charge in [0.2, 0.25) is 0 Å². The smallest absolute Gasteiger partial charge is 0.128 e. The van der Waals surface area contributed by atoms with Gasteiger partial charge in [0, 0.05) is 30.4 Å². The molecule has 140 valence electrons. The molecule has 0 aliphatic rings. The van der Waals surface area contributed by atoms with E-state index >= 15 is 0 Å². The van der Waals surface area contributed by atoms with Gasteiger partial charge in [0.1, 0.15) is 17.2 Å². The van der Waals surface area contributed by atoms with Crippen LogP contribution in [0, 0.1) is 5.82 Å². The fraction of sp³-hybridized carbons (Fsp3) is 0.136. The van der Waals surface area contributed by atoms with E-state index in [2.05, 4.69) is 20.5 Å². The first kappa shape index (κ1) is 18.0. The summed E-state index contributed by atoms with van der Waals surface area (Å²) in [5, 5.41) is 12.6. The first-order valence-corrected chi connectivity index (χ1v) is 9.13. The minimum absolute atomic E-state index is 0.254. The number of aromatic nitrogens is 4. The van der Waals surface area contributed by atoms with Crippen LogP contribution in [-0.4, -0.2) is 20.0 Å². The fourth-order valence-electron chi connectivity index (χ4n) is 2.98. The Kier molecular flexibility index (Phi) is 5.49. The van der Waals surface area contributed by atoms with E-state index in [9.17, 15) is 4.39 Å². The average Bonchev–Trinajstić information content (AvgIpc) is 3.14. The molecule has 0 radical (unpaired) electrons. The van der Waals surface area contributed by atoms with Gasteiger partial charge in [-0.25, -0.2) is 4.39 Å². The van der Waals surface area contributed by atoms with Crippen LogP contribution in [0.15, 0.2) is 79.0 Å². The van der Waals surface area contributed by atoms with Crippen LogP contribution in [0.2, 0.25) is 0 Å². The number of pyridine rings is 1. The molecular weight excluding hydrogens is 353 g/mol. The summed E-state index contributed by atoms with van der Waals surface area (Å²) in [7, 11) is 0. The minimum Gasteiger partial charge on any atom is -0.305 e. The molecule has 1 N–H and O–H groups in total. The Morgan fingerprint density at radius 2 is 1.61 bits per heavy atom. The molecule has 2 heterocycles. The SMILES string of the molecule is Fc1ccccc1Cn1nc(CNCc2ccccn2)c(-c2ccccc2)n1. The monoisotopic (exact) mass is 373 g/mol. The Balaban J connectivity index is 1.56. The van der Waals surface area contributed by atoms with Crippen LogP contribution in [0.1, 0.15) is 17.0 Å². The quantitative estimate of drug-likeness (QED) is 0.535. The predicted octanol–water partition coefficient (Wildman–Crippen LogP) is 3.82. The van der Waals surface area contributed by atoms with Crippen LogP contribution in [0.5, 0.6) is 0 Å². The lowest BCUT2D eigenvalue weighted by Gasteiger charge is -2.04. The molecule has 0 bridgehead atoms. The standard InChI is InChI=1S/C22H20FN5/c23-20-12-5-4-10-18(20)16-28-26-21(15-24-14-19-11-6-7-13-25-19)22(27-28)17-8-2-1-3-9-17/h1-13,24H,14-16H2. The second kappa shape index (κ2) is 8.54. The topological polar surface area (TPSA) is 55.6 Å². The molecule has 5 nitrogen and oxygen atoms in total. The van der Waals surface area contributed by atoms with Gasteiger partial charge in [0.25, 0.3) is 0 Å². The summed E-state index contributed by atoms with van der Waals surface area (Å²) in [6, 6.07) is 22.4. The van der Waals surface area contributed by atoms with Crippen LogP contribution >= 0.6 is 0 Å². The van der Waals surface area contributed by atoms with Gasteiger partial charge < -0.3 is 5.32 Å². The third-order valence-electron chi connectivity index (χ3n) is 4.37. The molecule has 0 atom stereocenters. The van der Waals surface area contributed by atoms with Crippen molar-refractivity contribution in [2.75, 3.05) is 0 Å². The molecule has 0 spiro atoms. The number of nitrogens with zero attached hydrogens (tertiary/aromatic N) is 4. The summed E-state index contributed by atoms with van der Waals surface area (Å²) in [6.07, 6.45) is 1.77.